The number of allylic oxidation sites excluding steroid dienone is 3. The van der Waals surface area contributed by atoms with Crippen molar-refractivity contribution in [3.8, 4) is 0 Å². The van der Waals surface area contributed by atoms with E-state index in [1.807, 2.05) is 0 Å². The van der Waals surface area contributed by atoms with E-state index in [1.54, 1.807) is 0 Å². The molecule has 0 N–H and O–H groups in total. The Morgan fingerprint density at radius 2 is 2.07 bits per heavy atom. The first-order valence-electron chi connectivity index (χ1n) is 6.22. The van der Waals surface area contributed by atoms with Gasteiger partial charge in [0.25, 0.3) is 0 Å². The molecule has 2 rings (SSSR count). The maximum atomic E-state index is 6.12. The summed E-state index contributed by atoms with van der Waals surface area (Å²) in [4.78, 5) is 0. The first-order valence-corrected chi connectivity index (χ1v) is 6.22. The van der Waals surface area contributed by atoms with Crippen molar-refractivity contribution < 1.29 is 4.74 Å². The zero-order valence-corrected chi connectivity index (χ0v) is 9.74. The molecule has 0 heterocycles. The minimum atomic E-state index is 0.121. The molecule has 0 amide bonds. The highest BCUT2D eigenvalue weighted by Gasteiger charge is 2.26. The first kappa shape index (κ1) is 10.9. The maximum absolute atomic E-state index is 6.12. The van der Waals surface area contributed by atoms with Gasteiger partial charge in [-0.25, -0.2) is 0 Å². The van der Waals surface area contributed by atoms with Crippen LogP contribution >= 0.6 is 0 Å². The molecular formula is C14H22O. The number of hydrogen-bond acceptors (Lipinski definition) is 1. The molecule has 2 atom stereocenters. The van der Waals surface area contributed by atoms with Gasteiger partial charge in [0.15, 0.2) is 0 Å². The fraction of sp³-hybridized carbons (Fsp3) is 0.714. The minimum Gasteiger partial charge on any atom is -0.375 e. The van der Waals surface area contributed by atoms with Crippen LogP contribution in [0.3, 0.4) is 0 Å². The zero-order chi connectivity index (χ0) is 10.6. The van der Waals surface area contributed by atoms with Gasteiger partial charge in [0.2, 0.25) is 0 Å². The largest absolute Gasteiger partial charge is 0.375 e. The normalized spacial score (nSPS) is 35.7. The van der Waals surface area contributed by atoms with Crippen molar-refractivity contribution in [2.75, 3.05) is 6.61 Å². The molecule has 0 saturated carbocycles. The Kier molecular flexibility index (Phi) is 3.63. The molecule has 0 saturated heterocycles. The summed E-state index contributed by atoms with van der Waals surface area (Å²) in [6.45, 7) is 3.21. The quantitative estimate of drug-likeness (QED) is 0.637. The van der Waals surface area contributed by atoms with Gasteiger partial charge in [0.1, 0.15) is 0 Å². The van der Waals surface area contributed by atoms with Gasteiger partial charge < -0.3 is 4.74 Å². The average Bonchev–Trinajstić information content (AvgIpc) is 2.29. The molecule has 1 heteroatoms. The molecule has 0 aromatic rings. The Balaban J connectivity index is 1.76. The lowest BCUT2D eigenvalue weighted by Gasteiger charge is -2.33. The smallest absolute Gasteiger partial charge is 0.0691 e. The van der Waals surface area contributed by atoms with Crippen molar-refractivity contribution in [1.82, 2.24) is 0 Å². The van der Waals surface area contributed by atoms with E-state index in [2.05, 4.69) is 31.2 Å². The van der Waals surface area contributed by atoms with Crippen LogP contribution < -0.4 is 0 Å². The van der Waals surface area contributed by atoms with Gasteiger partial charge in [0.05, 0.1) is 12.2 Å². The molecule has 2 aliphatic carbocycles. The topological polar surface area (TPSA) is 9.23 Å². The molecule has 0 radical (unpaired) electrons. The van der Waals surface area contributed by atoms with Crippen LogP contribution in [-0.2, 0) is 4.74 Å². The van der Waals surface area contributed by atoms with E-state index in [4.69, 9.17) is 4.74 Å². The number of hydrogen-bond donors (Lipinski definition) is 0. The highest BCUT2D eigenvalue weighted by molar-refractivity contribution is 4.97. The van der Waals surface area contributed by atoms with Crippen LogP contribution in [0.1, 0.15) is 45.4 Å². The molecule has 0 aromatic heterocycles. The summed E-state index contributed by atoms with van der Waals surface area (Å²) < 4.78 is 6.12. The van der Waals surface area contributed by atoms with E-state index in [-0.39, 0.29) is 5.60 Å². The molecule has 84 valence electrons. The lowest BCUT2D eigenvalue weighted by molar-refractivity contribution is -0.0544. The van der Waals surface area contributed by atoms with E-state index in [1.165, 1.54) is 32.1 Å². The van der Waals surface area contributed by atoms with Crippen molar-refractivity contribution in [2.45, 2.75) is 51.0 Å². The third-order valence-corrected chi connectivity index (χ3v) is 3.60. The third-order valence-electron chi connectivity index (χ3n) is 3.60. The van der Waals surface area contributed by atoms with Gasteiger partial charge in [-0.3, -0.25) is 0 Å². The molecule has 1 nitrogen and oxygen atoms in total. The van der Waals surface area contributed by atoms with E-state index >= 15 is 0 Å². The predicted octanol–water partition coefficient (Wildman–Crippen LogP) is 3.86. The summed E-state index contributed by atoms with van der Waals surface area (Å²) >= 11 is 0. The second-order valence-corrected chi connectivity index (χ2v) is 5.13. The Labute approximate surface area is 93.2 Å². The lowest BCUT2D eigenvalue weighted by Crippen LogP contribution is -2.32. The van der Waals surface area contributed by atoms with Gasteiger partial charge in [-0.05, 0) is 51.4 Å². The highest BCUT2D eigenvalue weighted by Crippen LogP contribution is 2.29. The number of rotatable bonds is 3. The summed E-state index contributed by atoms with van der Waals surface area (Å²) in [5.41, 5.74) is 0.121. The van der Waals surface area contributed by atoms with E-state index < -0.39 is 0 Å². The van der Waals surface area contributed by atoms with Crippen molar-refractivity contribution in [2.24, 2.45) is 5.92 Å². The minimum absolute atomic E-state index is 0.121. The fourth-order valence-electron chi connectivity index (χ4n) is 2.40. The summed E-state index contributed by atoms with van der Waals surface area (Å²) in [7, 11) is 0. The Morgan fingerprint density at radius 3 is 2.73 bits per heavy atom. The summed E-state index contributed by atoms with van der Waals surface area (Å²) in [5.74, 6) is 0.762. The van der Waals surface area contributed by atoms with Crippen molar-refractivity contribution in [3.05, 3.63) is 24.3 Å². The molecule has 0 bridgehead atoms. The lowest BCUT2D eigenvalue weighted by atomic mass is 9.90. The van der Waals surface area contributed by atoms with Crippen LogP contribution in [0.5, 0.6) is 0 Å². The zero-order valence-electron chi connectivity index (χ0n) is 9.74. The molecule has 2 unspecified atom stereocenters. The van der Waals surface area contributed by atoms with Gasteiger partial charge in [-0.1, -0.05) is 24.3 Å². The van der Waals surface area contributed by atoms with Crippen molar-refractivity contribution in [3.63, 3.8) is 0 Å². The predicted molar refractivity (Wildman–Crippen MR) is 63.8 cm³/mol. The second kappa shape index (κ2) is 4.98. The molecule has 0 fully saturated rings. The van der Waals surface area contributed by atoms with E-state index in [0.717, 1.165) is 18.9 Å². The van der Waals surface area contributed by atoms with Crippen LogP contribution in [0, 0.1) is 5.92 Å². The molecular weight excluding hydrogens is 184 g/mol. The van der Waals surface area contributed by atoms with Crippen LogP contribution in [0.2, 0.25) is 0 Å². The van der Waals surface area contributed by atoms with Crippen LogP contribution in [0.4, 0.5) is 0 Å². The highest BCUT2D eigenvalue weighted by atomic mass is 16.5. The third kappa shape index (κ3) is 3.20. The monoisotopic (exact) mass is 206 g/mol. The van der Waals surface area contributed by atoms with Gasteiger partial charge >= 0.3 is 0 Å². The molecule has 15 heavy (non-hydrogen) atoms. The molecule has 0 spiro atoms. The van der Waals surface area contributed by atoms with E-state index in [0.29, 0.717) is 0 Å². The fourth-order valence-corrected chi connectivity index (χ4v) is 2.40. The SMILES string of the molecule is CC1(OCC2CC=CCC2)CC=CCC1. The van der Waals surface area contributed by atoms with Gasteiger partial charge in [0, 0.05) is 0 Å². The van der Waals surface area contributed by atoms with Gasteiger partial charge in [-0.15, -0.1) is 0 Å². The Morgan fingerprint density at radius 1 is 1.20 bits per heavy atom. The van der Waals surface area contributed by atoms with Gasteiger partial charge in [-0.2, -0.15) is 0 Å². The number of ether oxygens (including phenoxy) is 1. The van der Waals surface area contributed by atoms with E-state index in [9.17, 15) is 0 Å². The second-order valence-electron chi connectivity index (χ2n) is 5.13. The average molecular weight is 206 g/mol. The maximum Gasteiger partial charge on any atom is 0.0691 e. The first-order chi connectivity index (χ1) is 7.29. The Bertz CT molecular complexity index is 254. The van der Waals surface area contributed by atoms with Crippen LogP contribution in [0.25, 0.3) is 0 Å². The standard InChI is InChI=1S/C14H22O/c1-14(10-6-3-7-11-14)15-12-13-8-4-2-5-9-13/h2-4,6,13H,5,7-12H2,1H3. The van der Waals surface area contributed by atoms with Crippen LogP contribution in [-0.4, -0.2) is 12.2 Å². The Hall–Kier alpha value is -0.560. The van der Waals surface area contributed by atoms with Crippen molar-refractivity contribution >= 4 is 0 Å². The summed E-state index contributed by atoms with van der Waals surface area (Å²) in [6.07, 6.45) is 16.4. The molecule has 0 aromatic carbocycles. The molecule has 0 aliphatic heterocycles. The summed E-state index contributed by atoms with van der Waals surface area (Å²) in [5, 5.41) is 0. The molecule has 2 aliphatic rings. The summed E-state index contributed by atoms with van der Waals surface area (Å²) in [6, 6.07) is 0. The van der Waals surface area contributed by atoms with Crippen molar-refractivity contribution in [1.29, 1.82) is 0 Å². The van der Waals surface area contributed by atoms with Crippen LogP contribution in [0.15, 0.2) is 24.3 Å².